The highest BCUT2D eigenvalue weighted by atomic mass is 79.9. The lowest BCUT2D eigenvalue weighted by Gasteiger charge is -1.80. The lowest BCUT2D eigenvalue weighted by molar-refractivity contribution is -0.407. The van der Waals surface area contributed by atoms with Gasteiger partial charge in [0.25, 0.3) is 0 Å². The number of rotatable bonds is 1. The van der Waals surface area contributed by atoms with Crippen LogP contribution in [0.4, 0.5) is 6.01 Å². The third-order valence-electron chi connectivity index (χ3n) is 0.621. The van der Waals surface area contributed by atoms with Gasteiger partial charge in [0.05, 0.1) is 0 Å². The maximum absolute atomic E-state index is 9.84. The van der Waals surface area contributed by atoms with Gasteiger partial charge in [-0.25, -0.2) is 0 Å². The summed E-state index contributed by atoms with van der Waals surface area (Å²) < 4.78 is 4.71. The van der Waals surface area contributed by atoms with Crippen molar-refractivity contribution in [3.63, 3.8) is 0 Å². The molecule has 1 aromatic rings. The zero-order valence-corrected chi connectivity index (χ0v) is 5.66. The van der Waals surface area contributed by atoms with Crippen molar-refractivity contribution < 1.29 is 9.34 Å². The minimum absolute atomic E-state index is 0.259. The van der Waals surface area contributed by atoms with Gasteiger partial charge in [0.15, 0.2) is 6.20 Å². The van der Waals surface area contributed by atoms with Crippen molar-refractivity contribution in [2.75, 3.05) is 0 Å². The molecule has 0 bridgehead atoms. The van der Waals surface area contributed by atoms with Crippen LogP contribution in [0.15, 0.2) is 15.3 Å². The summed E-state index contributed by atoms with van der Waals surface area (Å²) in [5.74, 6) is 0. The molecule has 0 aromatic carbocycles. The molecule has 9 heavy (non-hydrogen) atoms. The molecule has 0 unspecified atom stereocenters. The third kappa shape index (κ3) is 1.26. The van der Waals surface area contributed by atoms with E-state index in [2.05, 4.69) is 25.3 Å². The number of hydrogen-bond acceptors (Lipinski definition) is 4. The summed E-state index contributed by atoms with van der Waals surface area (Å²) in [6.07, 6.45) is 1.22. The molecule has 0 saturated carbocycles. The number of nitro groups is 1. The van der Waals surface area contributed by atoms with Gasteiger partial charge in [-0.2, -0.15) is 0 Å². The quantitative estimate of drug-likeness (QED) is 0.498. The number of hydrogen-bond donors (Lipinski definition) is 0. The van der Waals surface area contributed by atoms with Gasteiger partial charge >= 0.3 is 6.01 Å². The van der Waals surface area contributed by atoms with Crippen LogP contribution in [0.5, 0.6) is 0 Å². The van der Waals surface area contributed by atoms with E-state index in [9.17, 15) is 10.1 Å². The summed E-state index contributed by atoms with van der Waals surface area (Å²) in [4.78, 5) is 12.4. The van der Waals surface area contributed by atoms with Crippen LogP contribution < -0.4 is 0 Å². The minimum Gasteiger partial charge on any atom is -0.374 e. The van der Waals surface area contributed by atoms with E-state index in [4.69, 9.17) is 0 Å². The smallest absolute Gasteiger partial charge is 0.374 e. The first-order chi connectivity index (χ1) is 4.20. The molecule has 0 N–H and O–H groups in total. The van der Waals surface area contributed by atoms with Gasteiger partial charge in [0, 0.05) is 4.92 Å². The van der Waals surface area contributed by atoms with Crippen molar-refractivity contribution in [1.29, 1.82) is 0 Å². The average molecular weight is 193 g/mol. The summed E-state index contributed by atoms with van der Waals surface area (Å²) in [6.45, 7) is 0. The van der Waals surface area contributed by atoms with E-state index in [1.807, 2.05) is 0 Å². The van der Waals surface area contributed by atoms with Gasteiger partial charge in [0.2, 0.25) is 4.67 Å². The van der Waals surface area contributed by atoms with Gasteiger partial charge in [-0.15, -0.1) is 0 Å². The predicted molar refractivity (Wildman–Crippen MR) is 30.9 cm³/mol. The molecule has 1 rings (SSSR count). The second-order valence-corrected chi connectivity index (χ2v) is 1.99. The Bertz CT molecular complexity index is 233. The summed E-state index contributed by atoms with van der Waals surface area (Å²) in [5.41, 5.74) is 0. The minimum atomic E-state index is -0.704. The van der Waals surface area contributed by atoms with E-state index in [1.165, 1.54) is 6.20 Å². The molecule has 5 nitrogen and oxygen atoms in total. The zero-order valence-electron chi connectivity index (χ0n) is 4.07. The van der Waals surface area contributed by atoms with E-state index in [1.54, 1.807) is 0 Å². The Labute approximate surface area is 58.0 Å². The van der Waals surface area contributed by atoms with E-state index in [0.717, 1.165) is 0 Å². The maximum atomic E-state index is 9.84. The lowest BCUT2D eigenvalue weighted by Crippen LogP contribution is -1.85. The predicted octanol–water partition coefficient (Wildman–Crippen LogP) is 1.35. The molecule has 0 aliphatic heterocycles. The highest BCUT2D eigenvalue weighted by Gasteiger charge is 2.12. The molecule has 0 fully saturated rings. The lowest BCUT2D eigenvalue weighted by atomic mass is 11.0. The Kier molecular flexibility index (Phi) is 1.48. The number of aromatic nitrogens is 1. The van der Waals surface area contributed by atoms with Crippen LogP contribution in [0, 0.1) is 10.1 Å². The maximum Gasteiger partial charge on any atom is 0.546 e. The topological polar surface area (TPSA) is 69.2 Å². The van der Waals surface area contributed by atoms with Gasteiger partial charge in [-0.1, -0.05) is 0 Å². The van der Waals surface area contributed by atoms with Crippen molar-refractivity contribution in [3.05, 3.63) is 21.0 Å². The molecule has 0 radical (unpaired) electrons. The van der Waals surface area contributed by atoms with E-state index < -0.39 is 10.9 Å². The van der Waals surface area contributed by atoms with Crippen molar-refractivity contribution >= 4 is 21.9 Å². The van der Waals surface area contributed by atoms with E-state index in [-0.39, 0.29) is 4.67 Å². The van der Waals surface area contributed by atoms with Crippen LogP contribution in [0.25, 0.3) is 0 Å². The molecular weight excluding hydrogens is 192 g/mol. The first kappa shape index (κ1) is 6.21. The Hall–Kier alpha value is -0.910. The van der Waals surface area contributed by atoms with Crippen molar-refractivity contribution in [2.45, 2.75) is 0 Å². The van der Waals surface area contributed by atoms with Gasteiger partial charge in [-0.05, 0) is 20.9 Å². The Morgan fingerprint density at radius 3 is 2.78 bits per heavy atom. The van der Waals surface area contributed by atoms with E-state index >= 15 is 0 Å². The van der Waals surface area contributed by atoms with Crippen molar-refractivity contribution in [1.82, 2.24) is 4.98 Å². The van der Waals surface area contributed by atoms with Crippen LogP contribution >= 0.6 is 15.9 Å². The number of nitrogens with zero attached hydrogens (tertiary/aromatic N) is 2. The highest BCUT2D eigenvalue weighted by Crippen LogP contribution is 2.15. The first-order valence-electron chi connectivity index (χ1n) is 1.96. The van der Waals surface area contributed by atoms with Crippen LogP contribution in [-0.2, 0) is 0 Å². The molecule has 1 aromatic heterocycles. The standard InChI is InChI=1S/C3HBrN2O3/c4-2-1-5-3(9-2)6(7)8/h1H. The molecule has 0 aliphatic rings. The molecular formula is C3HBrN2O3. The fourth-order valence-electron chi connectivity index (χ4n) is 0.330. The average Bonchev–Trinajstić information content (AvgIpc) is 2.14. The molecule has 0 atom stereocenters. The SMILES string of the molecule is O=[N+]([O-])c1ncc(Br)o1. The molecule has 1 heterocycles. The fraction of sp³-hybridized carbons (Fsp3) is 0. The second kappa shape index (κ2) is 2.14. The van der Waals surface area contributed by atoms with Crippen LogP contribution in [-0.4, -0.2) is 9.91 Å². The number of oxazole rings is 1. The summed E-state index contributed by atoms with van der Waals surface area (Å²) in [6, 6.07) is -0.498. The molecule has 0 amide bonds. The third-order valence-corrected chi connectivity index (χ3v) is 0.988. The Morgan fingerprint density at radius 2 is 2.56 bits per heavy atom. The second-order valence-electron chi connectivity index (χ2n) is 1.20. The number of halogens is 1. The normalized spacial score (nSPS) is 9.44. The fourth-order valence-corrected chi connectivity index (χ4v) is 0.577. The molecule has 6 heteroatoms. The van der Waals surface area contributed by atoms with E-state index in [0.29, 0.717) is 0 Å². The zero-order chi connectivity index (χ0) is 6.85. The highest BCUT2D eigenvalue weighted by molar-refractivity contribution is 9.10. The Morgan fingerprint density at radius 1 is 1.89 bits per heavy atom. The van der Waals surface area contributed by atoms with Gasteiger partial charge < -0.3 is 14.5 Å². The molecule has 0 spiro atoms. The summed E-state index contributed by atoms with van der Waals surface area (Å²) >= 11 is 2.87. The van der Waals surface area contributed by atoms with Crippen molar-refractivity contribution in [3.8, 4) is 0 Å². The largest absolute Gasteiger partial charge is 0.546 e. The van der Waals surface area contributed by atoms with Crippen LogP contribution in [0.1, 0.15) is 0 Å². The Balaban J connectivity index is 2.98. The van der Waals surface area contributed by atoms with Crippen LogP contribution in [0.2, 0.25) is 0 Å². The molecule has 0 aliphatic carbocycles. The van der Waals surface area contributed by atoms with Crippen LogP contribution in [0.3, 0.4) is 0 Å². The molecule has 48 valence electrons. The monoisotopic (exact) mass is 192 g/mol. The summed E-state index contributed by atoms with van der Waals surface area (Å²) in [7, 11) is 0. The van der Waals surface area contributed by atoms with Gasteiger partial charge in [0.1, 0.15) is 0 Å². The van der Waals surface area contributed by atoms with Crippen molar-refractivity contribution in [2.24, 2.45) is 0 Å². The van der Waals surface area contributed by atoms with Gasteiger partial charge in [-0.3, -0.25) is 0 Å². The molecule has 0 saturated heterocycles. The first-order valence-corrected chi connectivity index (χ1v) is 2.75. The summed E-state index contributed by atoms with van der Waals surface area (Å²) in [5, 5.41) is 9.84.